The lowest BCUT2D eigenvalue weighted by Crippen LogP contribution is -2.08. The van der Waals surface area contributed by atoms with E-state index in [-0.39, 0.29) is 22.8 Å². The van der Waals surface area contributed by atoms with Gasteiger partial charge < -0.3 is 14.9 Å². The number of carbonyl (C=O) groups excluding carboxylic acids is 1. The maximum absolute atomic E-state index is 10.9. The third kappa shape index (κ3) is 2.84. The van der Waals surface area contributed by atoms with Crippen LogP contribution in [0.1, 0.15) is 18.1 Å². The van der Waals surface area contributed by atoms with E-state index in [2.05, 4.69) is 4.74 Å². The molecule has 1 unspecified atom stereocenters. The van der Waals surface area contributed by atoms with Crippen molar-refractivity contribution in [3.63, 3.8) is 0 Å². The number of hydrogen-bond acceptors (Lipinski definition) is 4. The standard InChI is InChI=1S/C10H11ClO4/c1-15-9(14)5-8(13)10-6(11)3-2-4-7(10)12/h2-4,8,12-13H,5H2,1H3. The molecule has 1 rings (SSSR count). The number of ether oxygens (including phenoxy) is 1. The zero-order valence-corrected chi connectivity index (χ0v) is 8.86. The van der Waals surface area contributed by atoms with Crippen LogP contribution in [0.4, 0.5) is 0 Å². The van der Waals surface area contributed by atoms with Gasteiger partial charge in [0.05, 0.1) is 24.7 Å². The molecular formula is C10H11ClO4. The van der Waals surface area contributed by atoms with Crippen molar-refractivity contribution in [2.75, 3.05) is 7.11 Å². The van der Waals surface area contributed by atoms with Crippen molar-refractivity contribution in [1.82, 2.24) is 0 Å². The lowest BCUT2D eigenvalue weighted by atomic mass is 10.1. The van der Waals surface area contributed by atoms with Gasteiger partial charge in [-0.3, -0.25) is 4.79 Å². The molecule has 0 saturated carbocycles. The predicted octanol–water partition coefficient (Wildman–Crippen LogP) is 1.64. The molecule has 4 nitrogen and oxygen atoms in total. The van der Waals surface area contributed by atoms with E-state index in [1.54, 1.807) is 6.07 Å². The molecule has 0 saturated heterocycles. The Balaban J connectivity index is 2.90. The van der Waals surface area contributed by atoms with Crippen molar-refractivity contribution in [2.24, 2.45) is 0 Å². The average Bonchev–Trinajstić information content (AvgIpc) is 2.17. The summed E-state index contributed by atoms with van der Waals surface area (Å²) in [7, 11) is 1.22. The molecule has 0 radical (unpaired) electrons. The molecule has 1 aromatic carbocycles. The largest absolute Gasteiger partial charge is 0.508 e. The van der Waals surface area contributed by atoms with Gasteiger partial charge in [-0.05, 0) is 12.1 Å². The van der Waals surface area contributed by atoms with Gasteiger partial charge in [0.25, 0.3) is 0 Å². The number of phenolic OH excluding ortho intramolecular Hbond substituents is 1. The van der Waals surface area contributed by atoms with Gasteiger partial charge in [-0.25, -0.2) is 0 Å². The first-order valence-corrected chi connectivity index (χ1v) is 4.66. The van der Waals surface area contributed by atoms with Crippen LogP contribution in [-0.2, 0) is 9.53 Å². The normalized spacial score (nSPS) is 12.2. The molecular weight excluding hydrogens is 220 g/mol. The number of rotatable bonds is 3. The summed E-state index contributed by atoms with van der Waals surface area (Å²) in [5.74, 6) is -0.708. The highest BCUT2D eigenvalue weighted by Crippen LogP contribution is 2.32. The van der Waals surface area contributed by atoms with Crippen molar-refractivity contribution in [3.05, 3.63) is 28.8 Å². The first-order valence-electron chi connectivity index (χ1n) is 4.28. The van der Waals surface area contributed by atoms with Crippen LogP contribution < -0.4 is 0 Å². The van der Waals surface area contributed by atoms with Crippen molar-refractivity contribution >= 4 is 17.6 Å². The van der Waals surface area contributed by atoms with Gasteiger partial charge in [0.15, 0.2) is 0 Å². The van der Waals surface area contributed by atoms with Crippen LogP contribution in [-0.4, -0.2) is 23.3 Å². The Morgan fingerprint density at radius 2 is 2.27 bits per heavy atom. The number of esters is 1. The molecule has 15 heavy (non-hydrogen) atoms. The SMILES string of the molecule is COC(=O)CC(O)c1c(O)cccc1Cl. The fourth-order valence-electron chi connectivity index (χ4n) is 1.20. The number of methoxy groups -OCH3 is 1. The van der Waals surface area contributed by atoms with Gasteiger partial charge in [-0.2, -0.15) is 0 Å². The van der Waals surface area contributed by atoms with E-state index in [4.69, 9.17) is 11.6 Å². The van der Waals surface area contributed by atoms with Crippen LogP contribution in [0, 0.1) is 0 Å². The summed E-state index contributed by atoms with van der Waals surface area (Å²) in [6.07, 6.45) is -1.40. The second kappa shape index (κ2) is 5.00. The third-order valence-corrected chi connectivity index (χ3v) is 2.28. The van der Waals surface area contributed by atoms with Crippen molar-refractivity contribution in [3.8, 4) is 5.75 Å². The first kappa shape index (κ1) is 11.8. The molecule has 0 amide bonds. The van der Waals surface area contributed by atoms with E-state index in [0.29, 0.717) is 0 Å². The number of halogens is 1. The maximum Gasteiger partial charge on any atom is 0.308 e. The number of aromatic hydroxyl groups is 1. The molecule has 0 aliphatic rings. The van der Waals surface area contributed by atoms with Crippen molar-refractivity contribution in [2.45, 2.75) is 12.5 Å². The van der Waals surface area contributed by atoms with Crippen LogP contribution in [0.3, 0.4) is 0 Å². The van der Waals surface area contributed by atoms with Gasteiger partial charge in [0.2, 0.25) is 0 Å². The Morgan fingerprint density at radius 1 is 1.60 bits per heavy atom. The highest BCUT2D eigenvalue weighted by molar-refractivity contribution is 6.31. The lowest BCUT2D eigenvalue weighted by Gasteiger charge is -2.12. The molecule has 82 valence electrons. The minimum atomic E-state index is -1.16. The van der Waals surface area contributed by atoms with Crippen molar-refractivity contribution in [1.29, 1.82) is 0 Å². The zero-order valence-electron chi connectivity index (χ0n) is 8.11. The highest BCUT2D eigenvalue weighted by atomic mass is 35.5. The summed E-state index contributed by atoms with van der Waals surface area (Å²) in [6.45, 7) is 0. The highest BCUT2D eigenvalue weighted by Gasteiger charge is 2.19. The van der Waals surface area contributed by atoms with Crippen LogP contribution in [0.15, 0.2) is 18.2 Å². The van der Waals surface area contributed by atoms with E-state index < -0.39 is 12.1 Å². The summed E-state index contributed by atoms with van der Waals surface area (Å²) < 4.78 is 4.40. The van der Waals surface area contributed by atoms with E-state index in [1.165, 1.54) is 19.2 Å². The van der Waals surface area contributed by atoms with Crippen LogP contribution in [0.25, 0.3) is 0 Å². The maximum atomic E-state index is 10.9. The van der Waals surface area contributed by atoms with Gasteiger partial charge in [0.1, 0.15) is 5.75 Å². The molecule has 2 N–H and O–H groups in total. The molecule has 1 atom stereocenters. The first-order chi connectivity index (χ1) is 7.06. The molecule has 1 aromatic rings. The Bertz CT molecular complexity index is 344. The zero-order chi connectivity index (χ0) is 11.4. The summed E-state index contributed by atoms with van der Waals surface area (Å²) >= 11 is 5.78. The molecule has 0 bridgehead atoms. The monoisotopic (exact) mass is 230 g/mol. The second-order valence-electron chi connectivity index (χ2n) is 2.97. The van der Waals surface area contributed by atoms with Gasteiger partial charge in [-0.15, -0.1) is 0 Å². The van der Waals surface area contributed by atoms with Gasteiger partial charge >= 0.3 is 5.97 Å². The smallest absolute Gasteiger partial charge is 0.308 e. The van der Waals surface area contributed by atoms with E-state index >= 15 is 0 Å². The third-order valence-electron chi connectivity index (χ3n) is 1.95. The van der Waals surface area contributed by atoms with Crippen LogP contribution >= 0.6 is 11.6 Å². The number of aliphatic hydroxyl groups is 1. The fourth-order valence-corrected chi connectivity index (χ4v) is 1.49. The molecule has 0 aliphatic carbocycles. The molecule has 0 spiro atoms. The Kier molecular flexibility index (Phi) is 3.94. The van der Waals surface area contributed by atoms with Crippen LogP contribution in [0.2, 0.25) is 5.02 Å². The quantitative estimate of drug-likeness (QED) is 0.775. The summed E-state index contributed by atoms with van der Waals surface area (Å²) in [6, 6.07) is 4.46. The Labute approximate surface area is 92.1 Å². The minimum absolute atomic E-state index is 0.140. The Hall–Kier alpha value is -1.26. The fraction of sp³-hybridized carbons (Fsp3) is 0.300. The molecule has 0 aliphatic heterocycles. The minimum Gasteiger partial charge on any atom is -0.508 e. The summed E-state index contributed by atoms with van der Waals surface area (Å²) in [5, 5.41) is 19.3. The molecule has 0 heterocycles. The number of carbonyl (C=O) groups is 1. The number of phenols is 1. The van der Waals surface area contributed by atoms with Crippen molar-refractivity contribution < 1.29 is 19.7 Å². The lowest BCUT2D eigenvalue weighted by molar-refractivity contribution is -0.142. The summed E-state index contributed by atoms with van der Waals surface area (Å²) in [4.78, 5) is 10.9. The van der Waals surface area contributed by atoms with E-state index in [0.717, 1.165) is 0 Å². The number of benzene rings is 1. The van der Waals surface area contributed by atoms with E-state index in [9.17, 15) is 15.0 Å². The topological polar surface area (TPSA) is 66.8 Å². The van der Waals surface area contributed by atoms with Gasteiger partial charge in [0, 0.05) is 5.56 Å². The second-order valence-corrected chi connectivity index (χ2v) is 3.38. The molecule has 0 fully saturated rings. The van der Waals surface area contributed by atoms with Gasteiger partial charge in [-0.1, -0.05) is 17.7 Å². The molecule has 0 aromatic heterocycles. The average molecular weight is 231 g/mol. The Morgan fingerprint density at radius 3 is 2.80 bits per heavy atom. The summed E-state index contributed by atoms with van der Waals surface area (Å²) in [5.41, 5.74) is 0.143. The molecule has 5 heteroatoms. The predicted molar refractivity (Wildman–Crippen MR) is 54.7 cm³/mol. The van der Waals surface area contributed by atoms with E-state index in [1.807, 2.05) is 0 Å². The number of hydrogen-bond donors (Lipinski definition) is 2. The number of aliphatic hydroxyl groups excluding tert-OH is 1. The van der Waals surface area contributed by atoms with Crippen LogP contribution in [0.5, 0.6) is 5.75 Å².